The average Bonchev–Trinajstić information content (AvgIpc) is 3.20. The Hall–Kier alpha value is -3.30. The molecule has 4 aromatic rings. The standard InChI is InChI=1S/C26H28N4O3S2/c1-4-5-10-24-28-26-25(22(31)15-16-34-26)30(24)17-19-11-13-20(14-12-19)21-8-6-7-9-23(21)35(32,33)27-18-29(2)3/h6-9,11-16,18H,4-5,10,17H2,1-3H3. The molecular formula is C26H28N4O3S2. The van der Waals surface area contributed by atoms with Crippen molar-refractivity contribution in [1.29, 1.82) is 0 Å². The van der Waals surface area contributed by atoms with Gasteiger partial charge in [-0.1, -0.05) is 55.8 Å². The molecule has 0 aliphatic carbocycles. The highest BCUT2D eigenvalue weighted by molar-refractivity contribution is 7.90. The van der Waals surface area contributed by atoms with Crippen molar-refractivity contribution in [2.24, 2.45) is 4.40 Å². The number of sulfonamides is 1. The molecule has 2 aromatic carbocycles. The number of aromatic nitrogens is 2. The second-order valence-corrected chi connectivity index (χ2v) is 11.0. The topological polar surface area (TPSA) is 84.6 Å². The van der Waals surface area contributed by atoms with Gasteiger partial charge < -0.3 is 9.47 Å². The lowest BCUT2D eigenvalue weighted by molar-refractivity contribution is 0.595. The number of nitrogens with zero attached hydrogens (tertiary/aromatic N) is 4. The minimum absolute atomic E-state index is 0.0250. The molecule has 0 N–H and O–H groups in total. The van der Waals surface area contributed by atoms with Crippen molar-refractivity contribution in [3.05, 3.63) is 81.6 Å². The molecule has 2 aromatic heterocycles. The summed E-state index contributed by atoms with van der Waals surface area (Å²) >= 11 is 1.48. The van der Waals surface area contributed by atoms with Crippen LogP contribution in [0.25, 0.3) is 21.5 Å². The predicted octanol–water partition coefficient (Wildman–Crippen LogP) is 4.79. The van der Waals surface area contributed by atoms with Gasteiger partial charge in [0.1, 0.15) is 22.5 Å². The summed E-state index contributed by atoms with van der Waals surface area (Å²) in [6, 6.07) is 16.2. The average molecular weight is 509 g/mol. The molecule has 35 heavy (non-hydrogen) atoms. The predicted molar refractivity (Wildman–Crippen MR) is 143 cm³/mol. The monoisotopic (exact) mass is 508 g/mol. The Morgan fingerprint density at radius 3 is 2.54 bits per heavy atom. The summed E-state index contributed by atoms with van der Waals surface area (Å²) < 4.78 is 31.5. The summed E-state index contributed by atoms with van der Waals surface area (Å²) in [6.07, 6.45) is 4.15. The maximum atomic E-state index is 12.8. The quantitative estimate of drug-likeness (QED) is 0.240. The van der Waals surface area contributed by atoms with Crippen LogP contribution in [0.1, 0.15) is 31.2 Å². The maximum absolute atomic E-state index is 12.8. The molecule has 0 saturated heterocycles. The van der Waals surface area contributed by atoms with Gasteiger partial charge in [0.2, 0.25) is 5.43 Å². The zero-order chi connectivity index (χ0) is 25.0. The van der Waals surface area contributed by atoms with Crippen LogP contribution in [0.2, 0.25) is 0 Å². The Morgan fingerprint density at radius 2 is 1.83 bits per heavy atom. The van der Waals surface area contributed by atoms with Gasteiger partial charge in [0.25, 0.3) is 10.0 Å². The van der Waals surface area contributed by atoms with E-state index in [1.54, 1.807) is 48.6 Å². The third kappa shape index (κ3) is 5.52. The molecule has 0 unspecified atom stereocenters. The molecule has 0 spiro atoms. The molecule has 0 aliphatic heterocycles. The van der Waals surface area contributed by atoms with Crippen LogP contribution in [0.3, 0.4) is 0 Å². The third-order valence-corrected chi connectivity index (χ3v) is 7.65. The molecular weight excluding hydrogens is 480 g/mol. The summed E-state index contributed by atoms with van der Waals surface area (Å²) in [6.45, 7) is 2.66. The van der Waals surface area contributed by atoms with E-state index in [-0.39, 0.29) is 10.3 Å². The summed E-state index contributed by atoms with van der Waals surface area (Å²) in [5, 5.41) is 1.79. The van der Waals surface area contributed by atoms with Gasteiger partial charge in [0.15, 0.2) is 0 Å². The lowest BCUT2D eigenvalue weighted by atomic mass is 10.0. The van der Waals surface area contributed by atoms with Crippen LogP contribution in [-0.4, -0.2) is 43.3 Å². The van der Waals surface area contributed by atoms with Crippen molar-refractivity contribution < 1.29 is 8.42 Å². The van der Waals surface area contributed by atoms with E-state index in [4.69, 9.17) is 4.98 Å². The smallest absolute Gasteiger partial charge is 0.284 e. The van der Waals surface area contributed by atoms with E-state index in [2.05, 4.69) is 11.3 Å². The Labute approximate surface area is 209 Å². The lowest BCUT2D eigenvalue weighted by Crippen LogP contribution is -2.11. The maximum Gasteiger partial charge on any atom is 0.284 e. The molecule has 7 nitrogen and oxygen atoms in total. The number of hydrogen-bond acceptors (Lipinski definition) is 5. The second kappa shape index (κ2) is 10.5. The van der Waals surface area contributed by atoms with E-state index in [0.29, 0.717) is 17.6 Å². The van der Waals surface area contributed by atoms with Crippen molar-refractivity contribution >= 4 is 38.0 Å². The minimum atomic E-state index is -3.85. The highest BCUT2D eigenvalue weighted by Gasteiger charge is 2.18. The van der Waals surface area contributed by atoms with Gasteiger partial charge in [-0.05, 0) is 35.1 Å². The first-order valence-electron chi connectivity index (χ1n) is 11.4. The van der Waals surface area contributed by atoms with E-state index in [0.717, 1.165) is 41.0 Å². The number of benzene rings is 2. The van der Waals surface area contributed by atoms with Crippen molar-refractivity contribution in [2.75, 3.05) is 14.1 Å². The number of imidazole rings is 1. The van der Waals surface area contributed by atoms with Crippen molar-refractivity contribution in [1.82, 2.24) is 14.5 Å². The second-order valence-electron chi connectivity index (χ2n) is 8.51. The highest BCUT2D eigenvalue weighted by atomic mass is 32.2. The molecule has 0 saturated carbocycles. The van der Waals surface area contributed by atoms with E-state index in [1.165, 1.54) is 17.7 Å². The van der Waals surface area contributed by atoms with Crippen LogP contribution >= 0.6 is 11.3 Å². The molecule has 0 atom stereocenters. The number of hydrogen-bond donors (Lipinski definition) is 0. The van der Waals surface area contributed by atoms with E-state index < -0.39 is 10.0 Å². The molecule has 182 valence electrons. The van der Waals surface area contributed by atoms with Crippen molar-refractivity contribution in [2.45, 2.75) is 37.6 Å². The van der Waals surface area contributed by atoms with Gasteiger partial charge in [-0.25, -0.2) is 4.98 Å². The van der Waals surface area contributed by atoms with Crippen LogP contribution in [0.15, 0.2) is 74.1 Å². The SMILES string of the molecule is CCCCc1nc2sccc(=O)c2n1Cc1ccc(-c2ccccc2S(=O)(=O)N=CN(C)C)cc1. The zero-order valence-corrected chi connectivity index (χ0v) is 21.6. The van der Waals surface area contributed by atoms with Crippen molar-refractivity contribution in [3.8, 4) is 11.1 Å². The zero-order valence-electron chi connectivity index (χ0n) is 20.0. The largest absolute Gasteiger partial charge is 0.368 e. The summed E-state index contributed by atoms with van der Waals surface area (Å²) in [7, 11) is -0.408. The van der Waals surface area contributed by atoms with E-state index in [9.17, 15) is 13.2 Å². The molecule has 0 fully saturated rings. The van der Waals surface area contributed by atoms with E-state index in [1.807, 2.05) is 34.9 Å². The van der Waals surface area contributed by atoms with Gasteiger partial charge in [-0.15, -0.1) is 15.7 Å². The van der Waals surface area contributed by atoms with Gasteiger partial charge in [-0.2, -0.15) is 8.42 Å². The molecule has 4 rings (SSSR count). The van der Waals surface area contributed by atoms with Crippen molar-refractivity contribution in [3.63, 3.8) is 0 Å². The summed E-state index contributed by atoms with van der Waals surface area (Å²) in [5.41, 5.74) is 2.99. The summed E-state index contributed by atoms with van der Waals surface area (Å²) in [4.78, 5) is 19.9. The normalized spacial score (nSPS) is 12.0. The van der Waals surface area contributed by atoms with Gasteiger partial charge in [0, 0.05) is 32.6 Å². The van der Waals surface area contributed by atoms with E-state index >= 15 is 0 Å². The first kappa shape index (κ1) is 24.8. The molecule has 0 radical (unpaired) electrons. The van der Waals surface area contributed by atoms with Crippen LogP contribution in [0.5, 0.6) is 0 Å². The first-order valence-corrected chi connectivity index (χ1v) is 13.7. The molecule has 0 amide bonds. The number of fused-ring (bicyclic) bond motifs is 1. The minimum Gasteiger partial charge on any atom is -0.368 e. The molecule has 9 heteroatoms. The Kier molecular flexibility index (Phi) is 7.47. The number of rotatable bonds is 9. The molecule has 0 bridgehead atoms. The van der Waals surface area contributed by atoms with Crippen LogP contribution in [-0.2, 0) is 23.0 Å². The molecule has 0 aliphatic rings. The number of aryl methyl sites for hydroxylation is 1. The lowest BCUT2D eigenvalue weighted by Gasteiger charge is -2.11. The van der Waals surface area contributed by atoms with Crippen LogP contribution in [0.4, 0.5) is 0 Å². The fourth-order valence-corrected chi connectivity index (χ4v) is 5.79. The van der Waals surface area contributed by atoms with Crippen LogP contribution in [0, 0.1) is 0 Å². The third-order valence-electron chi connectivity index (χ3n) is 5.59. The highest BCUT2D eigenvalue weighted by Crippen LogP contribution is 2.29. The van der Waals surface area contributed by atoms with Crippen LogP contribution < -0.4 is 5.43 Å². The summed E-state index contributed by atoms with van der Waals surface area (Å²) in [5.74, 6) is 0.917. The van der Waals surface area contributed by atoms with Gasteiger partial charge in [0.05, 0.1) is 4.90 Å². The Balaban J connectivity index is 1.69. The number of unbranched alkanes of at least 4 members (excludes halogenated alkanes) is 1. The van der Waals surface area contributed by atoms with Gasteiger partial charge >= 0.3 is 0 Å². The fourth-order valence-electron chi connectivity index (χ4n) is 3.85. The molecule has 2 heterocycles. The first-order chi connectivity index (χ1) is 16.8. The fraction of sp³-hybridized carbons (Fsp3) is 0.269. The van der Waals surface area contributed by atoms with Gasteiger partial charge in [-0.3, -0.25) is 4.79 Å². The Bertz CT molecular complexity index is 1520. The Morgan fingerprint density at radius 1 is 1.09 bits per heavy atom.